The quantitative estimate of drug-likeness (QED) is 0.705. The van der Waals surface area contributed by atoms with Gasteiger partial charge in [-0.2, -0.15) is 0 Å². The Balaban J connectivity index is 1.50. The Bertz CT molecular complexity index is 690. The Morgan fingerprint density at radius 3 is 2.81 bits per heavy atom. The largest absolute Gasteiger partial charge is 0.331 e. The van der Waals surface area contributed by atoms with E-state index in [1.54, 1.807) is 0 Å². The minimum absolute atomic E-state index is 0.354. The molecule has 1 atom stereocenters. The average molecular weight is 280 g/mol. The molecule has 0 saturated heterocycles. The third kappa shape index (κ3) is 3.28. The summed E-state index contributed by atoms with van der Waals surface area (Å²) in [6.07, 6.45) is 6.68. The van der Waals surface area contributed by atoms with Crippen molar-refractivity contribution < 1.29 is 0 Å². The van der Waals surface area contributed by atoms with Crippen molar-refractivity contribution in [2.75, 3.05) is 6.54 Å². The number of aromatic nitrogens is 3. The summed E-state index contributed by atoms with van der Waals surface area (Å²) in [5, 5.41) is 3.55. The molecule has 21 heavy (non-hydrogen) atoms. The predicted molar refractivity (Wildman–Crippen MR) is 85.0 cm³/mol. The molecule has 0 amide bonds. The Morgan fingerprint density at radius 2 is 1.95 bits per heavy atom. The number of hydrogen-bond donors (Lipinski definition) is 1. The summed E-state index contributed by atoms with van der Waals surface area (Å²) in [6, 6.07) is 12.7. The van der Waals surface area contributed by atoms with Crippen molar-refractivity contribution in [2.24, 2.45) is 0 Å². The minimum atomic E-state index is 0.354. The number of para-hydroxylation sites is 2. The number of fused-ring (bicyclic) bond motifs is 1. The van der Waals surface area contributed by atoms with E-state index in [2.05, 4.69) is 57.1 Å². The van der Waals surface area contributed by atoms with Gasteiger partial charge in [-0.3, -0.25) is 4.98 Å². The molecular weight excluding hydrogens is 260 g/mol. The van der Waals surface area contributed by atoms with Crippen molar-refractivity contribution in [3.8, 4) is 0 Å². The van der Waals surface area contributed by atoms with Gasteiger partial charge in [0.1, 0.15) is 0 Å². The highest BCUT2D eigenvalue weighted by atomic mass is 15.0. The minimum Gasteiger partial charge on any atom is -0.331 e. The van der Waals surface area contributed by atoms with Crippen molar-refractivity contribution in [3.63, 3.8) is 0 Å². The lowest BCUT2D eigenvalue weighted by Crippen LogP contribution is -2.20. The summed E-state index contributed by atoms with van der Waals surface area (Å²) >= 11 is 0. The summed E-state index contributed by atoms with van der Waals surface area (Å²) < 4.78 is 2.22. The molecular formula is C17H20N4. The Hall–Kier alpha value is -2.20. The highest BCUT2D eigenvalue weighted by Gasteiger charge is 2.04. The summed E-state index contributed by atoms with van der Waals surface area (Å²) in [7, 11) is 0. The molecule has 0 spiro atoms. The third-order valence-corrected chi connectivity index (χ3v) is 3.76. The van der Waals surface area contributed by atoms with Crippen LogP contribution in [0.3, 0.4) is 0 Å². The lowest BCUT2D eigenvalue weighted by molar-refractivity contribution is 0.530. The van der Waals surface area contributed by atoms with E-state index in [1.807, 2.05) is 24.8 Å². The van der Waals surface area contributed by atoms with Crippen LogP contribution in [0, 0.1) is 0 Å². The van der Waals surface area contributed by atoms with Crippen LogP contribution in [0.25, 0.3) is 11.0 Å². The molecule has 2 heterocycles. The summed E-state index contributed by atoms with van der Waals surface area (Å²) in [5.74, 6) is 0. The van der Waals surface area contributed by atoms with Gasteiger partial charge < -0.3 is 9.88 Å². The van der Waals surface area contributed by atoms with Crippen molar-refractivity contribution in [1.82, 2.24) is 19.9 Å². The molecule has 1 N–H and O–H groups in total. The molecule has 4 nitrogen and oxygen atoms in total. The predicted octanol–water partition coefficient (Wildman–Crippen LogP) is 3.17. The number of pyridine rings is 1. The first-order valence-corrected chi connectivity index (χ1v) is 7.38. The van der Waals surface area contributed by atoms with Crippen LogP contribution in [0.1, 0.15) is 24.9 Å². The topological polar surface area (TPSA) is 42.7 Å². The molecule has 3 aromatic rings. The van der Waals surface area contributed by atoms with Crippen molar-refractivity contribution >= 4 is 11.0 Å². The standard InChI is InChI=1S/C17H20N4/c1-14(15-7-10-18-11-8-15)19-9-4-12-21-13-20-16-5-2-3-6-17(16)21/h2-3,5-8,10-11,13-14,19H,4,9,12H2,1H3. The molecule has 2 aromatic heterocycles. The fourth-order valence-corrected chi connectivity index (χ4v) is 2.53. The first-order chi connectivity index (χ1) is 10.3. The zero-order chi connectivity index (χ0) is 14.5. The zero-order valence-corrected chi connectivity index (χ0v) is 12.2. The SMILES string of the molecule is CC(NCCCn1cnc2ccccc21)c1ccncc1. The fraction of sp³-hybridized carbons (Fsp3) is 0.294. The molecule has 0 fully saturated rings. The molecule has 0 aliphatic rings. The molecule has 0 saturated carbocycles. The van der Waals surface area contributed by atoms with E-state index in [9.17, 15) is 0 Å². The number of rotatable bonds is 6. The van der Waals surface area contributed by atoms with E-state index in [1.165, 1.54) is 11.1 Å². The van der Waals surface area contributed by atoms with Gasteiger partial charge in [-0.1, -0.05) is 12.1 Å². The first kappa shape index (κ1) is 13.8. The smallest absolute Gasteiger partial charge is 0.0958 e. The van der Waals surface area contributed by atoms with Crippen LogP contribution < -0.4 is 5.32 Å². The maximum absolute atomic E-state index is 4.42. The molecule has 0 radical (unpaired) electrons. The van der Waals surface area contributed by atoms with E-state index in [0.717, 1.165) is 25.0 Å². The van der Waals surface area contributed by atoms with Crippen molar-refractivity contribution in [1.29, 1.82) is 0 Å². The summed E-state index contributed by atoms with van der Waals surface area (Å²) in [5.41, 5.74) is 3.55. The number of benzene rings is 1. The normalized spacial score (nSPS) is 12.6. The van der Waals surface area contributed by atoms with Crippen molar-refractivity contribution in [2.45, 2.75) is 25.9 Å². The number of nitrogens with one attached hydrogen (secondary N) is 1. The van der Waals surface area contributed by atoms with Gasteiger partial charge in [-0.05, 0) is 49.7 Å². The van der Waals surface area contributed by atoms with Crippen LogP contribution in [0.2, 0.25) is 0 Å². The second-order valence-electron chi connectivity index (χ2n) is 5.24. The Morgan fingerprint density at radius 1 is 1.14 bits per heavy atom. The van der Waals surface area contributed by atoms with Gasteiger partial charge in [0.2, 0.25) is 0 Å². The Kier molecular flexibility index (Phi) is 4.26. The summed E-state index contributed by atoms with van der Waals surface area (Å²) in [6.45, 7) is 4.15. The number of nitrogens with zero attached hydrogens (tertiary/aromatic N) is 3. The average Bonchev–Trinajstić information content (AvgIpc) is 2.95. The van der Waals surface area contributed by atoms with Gasteiger partial charge in [0.05, 0.1) is 17.4 Å². The van der Waals surface area contributed by atoms with E-state index in [0.29, 0.717) is 6.04 Å². The fourth-order valence-electron chi connectivity index (χ4n) is 2.53. The van der Waals surface area contributed by atoms with E-state index in [-0.39, 0.29) is 0 Å². The number of imidazole rings is 1. The van der Waals surface area contributed by atoms with E-state index < -0.39 is 0 Å². The molecule has 1 aromatic carbocycles. The first-order valence-electron chi connectivity index (χ1n) is 7.38. The third-order valence-electron chi connectivity index (χ3n) is 3.76. The molecule has 1 unspecified atom stereocenters. The second-order valence-corrected chi connectivity index (χ2v) is 5.24. The lowest BCUT2D eigenvalue weighted by Gasteiger charge is -2.14. The van der Waals surface area contributed by atoms with E-state index >= 15 is 0 Å². The highest BCUT2D eigenvalue weighted by molar-refractivity contribution is 5.74. The van der Waals surface area contributed by atoms with Crippen LogP contribution in [0.5, 0.6) is 0 Å². The molecule has 0 aliphatic heterocycles. The van der Waals surface area contributed by atoms with Crippen LogP contribution in [0.15, 0.2) is 55.1 Å². The van der Waals surface area contributed by atoms with Crippen LogP contribution >= 0.6 is 0 Å². The second kappa shape index (κ2) is 6.50. The van der Waals surface area contributed by atoms with Gasteiger partial charge in [0.25, 0.3) is 0 Å². The maximum Gasteiger partial charge on any atom is 0.0958 e. The van der Waals surface area contributed by atoms with Gasteiger partial charge in [-0.15, -0.1) is 0 Å². The van der Waals surface area contributed by atoms with Gasteiger partial charge >= 0.3 is 0 Å². The van der Waals surface area contributed by atoms with Gasteiger partial charge in [0, 0.05) is 25.0 Å². The molecule has 0 bridgehead atoms. The van der Waals surface area contributed by atoms with E-state index in [4.69, 9.17) is 0 Å². The van der Waals surface area contributed by atoms with Gasteiger partial charge in [-0.25, -0.2) is 4.98 Å². The summed E-state index contributed by atoms with van der Waals surface area (Å²) in [4.78, 5) is 8.46. The van der Waals surface area contributed by atoms with Crippen molar-refractivity contribution in [3.05, 3.63) is 60.7 Å². The number of aryl methyl sites for hydroxylation is 1. The molecule has 0 aliphatic carbocycles. The molecule has 4 heteroatoms. The molecule has 3 rings (SSSR count). The molecule has 108 valence electrons. The van der Waals surface area contributed by atoms with Crippen LogP contribution in [0.4, 0.5) is 0 Å². The monoisotopic (exact) mass is 280 g/mol. The highest BCUT2D eigenvalue weighted by Crippen LogP contribution is 2.13. The lowest BCUT2D eigenvalue weighted by atomic mass is 10.1. The number of hydrogen-bond acceptors (Lipinski definition) is 3. The van der Waals surface area contributed by atoms with Crippen LogP contribution in [-0.4, -0.2) is 21.1 Å². The zero-order valence-electron chi connectivity index (χ0n) is 12.2. The van der Waals surface area contributed by atoms with Gasteiger partial charge in [0.15, 0.2) is 0 Å². The Labute approximate surface area is 124 Å². The maximum atomic E-state index is 4.42. The van der Waals surface area contributed by atoms with Crippen LogP contribution in [-0.2, 0) is 6.54 Å².